The molecule has 1 aromatic heterocycles. The fraction of sp³-hybridized carbons (Fsp3) is 0.737. The van der Waals surface area contributed by atoms with Gasteiger partial charge in [-0.05, 0) is 18.9 Å². The van der Waals surface area contributed by atoms with Crippen LogP contribution in [0.1, 0.15) is 17.7 Å². The van der Waals surface area contributed by atoms with E-state index >= 15 is 0 Å². The number of thiophene rings is 1. The Hall–Kier alpha value is -1.10. The van der Waals surface area contributed by atoms with E-state index in [1.165, 1.54) is 10.6 Å². The molecule has 0 spiro atoms. The third kappa shape index (κ3) is 4.22. The first-order valence-electron chi connectivity index (χ1n) is 10.4. The summed E-state index contributed by atoms with van der Waals surface area (Å²) in [7, 11) is 0. The minimum Gasteiger partial charge on any atom is -0.448 e. The van der Waals surface area contributed by atoms with Crippen molar-refractivity contribution in [3.8, 4) is 0 Å². The molecular weight excluding hydrogens is 414 g/mol. The highest BCUT2D eigenvalue weighted by Crippen LogP contribution is 2.38. The third-order valence-corrected chi connectivity index (χ3v) is 7.49. The van der Waals surface area contributed by atoms with Gasteiger partial charge in [-0.3, -0.25) is 14.8 Å². The van der Waals surface area contributed by atoms with Crippen LogP contribution in [0.15, 0.2) is 6.07 Å². The van der Waals surface area contributed by atoms with Gasteiger partial charge in [0.2, 0.25) is 0 Å². The first kappa shape index (κ1) is 19.8. The standard InChI is InChI=1S/C19H28ClN5O3S/c20-18-11-16-17(29-18)12-22(14-25(16)23-5-8-27-9-6-23)13-21-3-1-15(2-4-21)24-7-10-28-19(24)26/h11,15H,1-10,12-14H2. The van der Waals surface area contributed by atoms with Crippen molar-refractivity contribution in [2.45, 2.75) is 25.4 Å². The van der Waals surface area contributed by atoms with Crippen molar-refractivity contribution in [1.29, 1.82) is 0 Å². The molecule has 4 aliphatic heterocycles. The van der Waals surface area contributed by atoms with Gasteiger partial charge >= 0.3 is 6.09 Å². The van der Waals surface area contributed by atoms with Gasteiger partial charge in [0.05, 0.1) is 43.1 Å². The maximum Gasteiger partial charge on any atom is 0.410 e. The lowest BCUT2D eigenvalue weighted by Gasteiger charge is -2.46. The predicted octanol–water partition coefficient (Wildman–Crippen LogP) is 2.10. The van der Waals surface area contributed by atoms with Crippen molar-refractivity contribution in [3.63, 3.8) is 0 Å². The number of hydrogen-bond donors (Lipinski definition) is 0. The van der Waals surface area contributed by atoms with Gasteiger partial charge in [0, 0.05) is 43.6 Å². The summed E-state index contributed by atoms with van der Waals surface area (Å²) in [5.41, 5.74) is 1.25. The zero-order valence-electron chi connectivity index (χ0n) is 16.6. The summed E-state index contributed by atoms with van der Waals surface area (Å²) < 4.78 is 11.5. The minimum absolute atomic E-state index is 0.136. The van der Waals surface area contributed by atoms with Gasteiger partial charge in [-0.1, -0.05) is 11.6 Å². The molecule has 0 unspecified atom stereocenters. The number of carbonyl (C=O) groups excluding carboxylic acids is 1. The molecule has 5 rings (SSSR count). The van der Waals surface area contributed by atoms with E-state index in [4.69, 9.17) is 21.1 Å². The smallest absolute Gasteiger partial charge is 0.410 e. The van der Waals surface area contributed by atoms with E-state index < -0.39 is 0 Å². The van der Waals surface area contributed by atoms with Gasteiger partial charge in [-0.2, -0.15) is 0 Å². The van der Waals surface area contributed by atoms with E-state index in [1.54, 1.807) is 11.3 Å². The fourth-order valence-corrected chi connectivity index (χ4v) is 6.07. The number of morpholine rings is 1. The second-order valence-corrected chi connectivity index (χ2v) is 9.86. The van der Waals surface area contributed by atoms with Crippen LogP contribution in [0, 0.1) is 0 Å². The number of anilines is 1. The maximum atomic E-state index is 11.8. The average molecular weight is 442 g/mol. The lowest BCUT2D eigenvalue weighted by Crippen LogP contribution is -2.57. The van der Waals surface area contributed by atoms with E-state index in [9.17, 15) is 4.79 Å². The van der Waals surface area contributed by atoms with Crippen molar-refractivity contribution >= 4 is 34.7 Å². The molecule has 0 bridgehead atoms. The van der Waals surface area contributed by atoms with E-state index in [0.29, 0.717) is 12.6 Å². The molecule has 0 N–H and O–H groups in total. The number of hydrazine groups is 1. The Morgan fingerprint density at radius 2 is 1.86 bits per heavy atom. The second kappa shape index (κ2) is 8.56. The van der Waals surface area contributed by atoms with Crippen LogP contribution in [-0.4, -0.2) is 97.7 Å². The van der Waals surface area contributed by atoms with Crippen molar-refractivity contribution in [1.82, 2.24) is 19.7 Å². The highest BCUT2D eigenvalue weighted by atomic mass is 35.5. The number of carbonyl (C=O) groups is 1. The zero-order chi connectivity index (χ0) is 19.8. The lowest BCUT2D eigenvalue weighted by molar-refractivity contribution is 0.0127. The molecule has 1 aromatic rings. The van der Waals surface area contributed by atoms with Crippen LogP contribution in [-0.2, 0) is 16.0 Å². The van der Waals surface area contributed by atoms with Gasteiger partial charge in [-0.15, -0.1) is 11.3 Å². The van der Waals surface area contributed by atoms with Crippen LogP contribution < -0.4 is 5.01 Å². The van der Waals surface area contributed by atoms with E-state index in [0.717, 1.165) is 83.0 Å². The zero-order valence-corrected chi connectivity index (χ0v) is 18.2. The first-order chi connectivity index (χ1) is 14.2. The number of piperidine rings is 1. The Balaban J connectivity index is 1.21. The van der Waals surface area contributed by atoms with E-state index in [-0.39, 0.29) is 6.09 Å². The molecule has 0 saturated carbocycles. The Morgan fingerprint density at radius 3 is 2.59 bits per heavy atom. The summed E-state index contributed by atoms with van der Waals surface area (Å²) in [6.07, 6.45) is 1.90. The number of likely N-dealkylation sites (tertiary alicyclic amines) is 1. The van der Waals surface area contributed by atoms with Crippen LogP contribution in [0.3, 0.4) is 0 Å². The van der Waals surface area contributed by atoms with Crippen molar-refractivity contribution < 1.29 is 14.3 Å². The quantitative estimate of drug-likeness (QED) is 0.709. The van der Waals surface area contributed by atoms with Gasteiger partial charge in [0.25, 0.3) is 0 Å². The molecule has 160 valence electrons. The number of amides is 1. The average Bonchev–Trinajstić information content (AvgIpc) is 3.33. The predicted molar refractivity (Wildman–Crippen MR) is 112 cm³/mol. The summed E-state index contributed by atoms with van der Waals surface area (Å²) >= 11 is 8.05. The van der Waals surface area contributed by atoms with Crippen LogP contribution in [0.25, 0.3) is 0 Å². The summed E-state index contributed by atoms with van der Waals surface area (Å²) in [6, 6.07) is 2.43. The number of halogens is 1. The number of nitrogens with zero attached hydrogens (tertiary/aromatic N) is 5. The van der Waals surface area contributed by atoms with Gasteiger partial charge in [0.15, 0.2) is 0 Å². The highest BCUT2D eigenvalue weighted by Gasteiger charge is 2.34. The van der Waals surface area contributed by atoms with Gasteiger partial charge in [0.1, 0.15) is 6.61 Å². The molecule has 0 radical (unpaired) electrons. The third-order valence-electron chi connectivity index (χ3n) is 6.25. The molecule has 8 nitrogen and oxygen atoms in total. The topological polar surface area (TPSA) is 51.7 Å². The molecule has 5 heterocycles. The molecule has 0 aliphatic carbocycles. The second-order valence-electron chi connectivity index (χ2n) is 8.09. The molecular formula is C19H28ClN5O3S. The highest BCUT2D eigenvalue weighted by molar-refractivity contribution is 7.16. The number of cyclic esters (lactones) is 1. The minimum atomic E-state index is -0.136. The molecule has 0 aromatic carbocycles. The summed E-state index contributed by atoms with van der Waals surface area (Å²) in [5, 5.41) is 4.78. The fourth-order valence-electron chi connectivity index (χ4n) is 4.76. The Bertz CT molecular complexity index is 735. The van der Waals surface area contributed by atoms with Crippen LogP contribution in [0.2, 0.25) is 4.34 Å². The lowest BCUT2D eigenvalue weighted by atomic mass is 10.0. The normalized spacial score (nSPS) is 25.5. The molecule has 29 heavy (non-hydrogen) atoms. The summed E-state index contributed by atoms with van der Waals surface area (Å²) in [4.78, 5) is 20.1. The van der Waals surface area contributed by atoms with E-state index in [1.807, 2.05) is 4.90 Å². The summed E-state index contributed by atoms with van der Waals surface area (Å²) in [5.74, 6) is 0. The molecule has 3 saturated heterocycles. The molecule has 3 fully saturated rings. The Morgan fingerprint density at radius 1 is 1.07 bits per heavy atom. The maximum absolute atomic E-state index is 11.8. The van der Waals surface area contributed by atoms with E-state index in [2.05, 4.69) is 25.9 Å². The first-order valence-corrected chi connectivity index (χ1v) is 11.6. The molecule has 1 amide bonds. The monoisotopic (exact) mass is 441 g/mol. The van der Waals surface area contributed by atoms with Crippen molar-refractivity contribution in [3.05, 3.63) is 15.3 Å². The SMILES string of the molecule is O=C1OCCN1C1CCN(CN2Cc3sc(Cl)cc3N(N3CCOCC3)C2)CC1. The Labute approximate surface area is 180 Å². The number of fused-ring (bicyclic) bond motifs is 1. The molecule has 10 heteroatoms. The Kier molecular flexibility index (Phi) is 5.86. The summed E-state index contributed by atoms with van der Waals surface area (Å²) in [6.45, 7) is 9.43. The number of rotatable bonds is 4. The largest absolute Gasteiger partial charge is 0.448 e. The van der Waals surface area contributed by atoms with Crippen LogP contribution in [0.4, 0.5) is 10.5 Å². The van der Waals surface area contributed by atoms with Gasteiger partial charge < -0.3 is 14.4 Å². The van der Waals surface area contributed by atoms with Crippen LogP contribution in [0.5, 0.6) is 0 Å². The van der Waals surface area contributed by atoms with Gasteiger partial charge in [-0.25, -0.2) is 9.80 Å². The van der Waals surface area contributed by atoms with Crippen LogP contribution >= 0.6 is 22.9 Å². The molecule has 4 aliphatic rings. The van der Waals surface area contributed by atoms with Crippen molar-refractivity contribution in [2.24, 2.45) is 0 Å². The molecule has 0 atom stereocenters. The number of ether oxygens (including phenoxy) is 2. The number of hydrogen-bond acceptors (Lipinski definition) is 8. The van der Waals surface area contributed by atoms with Crippen molar-refractivity contribution in [2.75, 3.05) is 70.9 Å².